The molecule has 0 atom stereocenters. The summed E-state index contributed by atoms with van der Waals surface area (Å²) in [6.07, 6.45) is 5.07. The van der Waals surface area contributed by atoms with Gasteiger partial charge in [-0.2, -0.15) is 0 Å². The van der Waals surface area contributed by atoms with Gasteiger partial charge in [0.1, 0.15) is 5.82 Å². The maximum Gasteiger partial charge on any atom is 0.258 e. The minimum absolute atomic E-state index is 0.0506. The Kier molecular flexibility index (Phi) is 6.77. The van der Waals surface area contributed by atoms with Gasteiger partial charge < -0.3 is 4.90 Å². The normalized spacial score (nSPS) is 15.1. The van der Waals surface area contributed by atoms with E-state index in [0.29, 0.717) is 18.5 Å². The van der Waals surface area contributed by atoms with Crippen LogP contribution in [0.25, 0.3) is 11.8 Å². The molecule has 4 rings (SSSR count). The number of aryl methyl sites for hydroxylation is 1. The van der Waals surface area contributed by atoms with Gasteiger partial charge in [0.25, 0.3) is 5.91 Å². The highest BCUT2D eigenvalue weighted by Crippen LogP contribution is 2.31. The minimum Gasteiger partial charge on any atom is -0.307 e. The van der Waals surface area contributed by atoms with Crippen LogP contribution in [-0.2, 0) is 27.7 Å². The molecule has 3 aromatic carbocycles. The van der Waals surface area contributed by atoms with Crippen molar-refractivity contribution in [3.63, 3.8) is 0 Å². The fraction of sp³-hybridized carbons (Fsp3) is 0.148. The highest BCUT2D eigenvalue weighted by Gasteiger charge is 2.28. The van der Waals surface area contributed by atoms with Gasteiger partial charge in [-0.3, -0.25) is 4.79 Å². The minimum atomic E-state index is -3.75. The molecule has 0 spiro atoms. The summed E-state index contributed by atoms with van der Waals surface area (Å²) in [6.45, 7) is 2.50. The second-order valence-corrected chi connectivity index (χ2v) is 9.69. The van der Waals surface area contributed by atoms with E-state index >= 15 is 0 Å². The Balaban J connectivity index is 1.62. The smallest absolute Gasteiger partial charge is 0.258 e. The number of hydrogen-bond donors (Lipinski definition) is 1. The lowest BCUT2D eigenvalue weighted by atomic mass is 10.1. The van der Waals surface area contributed by atoms with E-state index in [1.165, 1.54) is 29.8 Å². The Morgan fingerprint density at radius 2 is 1.53 bits per heavy atom. The summed E-state index contributed by atoms with van der Waals surface area (Å²) in [5.41, 5.74) is 5.07. The van der Waals surface area contributed by atoms with E-state index in [0.717, 1.165) is 28.8 Å². The van der Waals surface area contributed by atoms with E-state index in [9.17, 15) is 17.6 Å². The first-order valence-corrected chi connectivity index (χ1v) is 12.5. The second-order valence-electron chi connectivity index (χ2n) is 8.13. The van der Waals surface area contributed by atoms with Gasteiger partial charge in [0.05, 0.1) is 10.6 Å². The quantitative estimate of drug-likeness (QED) is 0.508. The van der Waals surface area contributed by atoms with Crippen LogP contribution < -0.4 is 5.14 Å². The Labute approximate surface area is 199 Å². The van der Waals surface area contributed by atoms with E-state index in [1.54, 1.807) is 35.2 Å². The van der Waals surface area contributed by atoms with Crippen molar-refractivity contribution in [1.82, 2.24) is 4.90 Å². The summed E-state index contributed by atoms with van der Waals surface area (Å²) < 4.78 is 36.3. The first-order valence-electron chi connectivity index (χ1n) is 11.0. The first kappa shape index (κ1) is 23.6. The van der Waals surface area contributed by atoms with Gasteiger partial charge in [-0.15, -0.1) is 0 Å². The number of hydrogen-bond acceptors (Lipinski definition) is 3. The number of amides is 1. The van der Waals surface area contributed by atoms with Gasteiger partial charge in [0, 0.05) is 12.1 Å². The van der Waals surface area contributed by atoms with E-state index in [4.69, 9.17) is 5.14 Å². The van der Waals surface area contributed by atoms with Gasteiger partial charge in [-0.05, 0) is 71.5 Å². The van der Waals surface area contributed by atoms with Crippen LogP contribution >= 0.6 is 0 Å². The monoisotopic (exact) mass is 476 g/mol. The van der Waals surface area contributed by atoms with Crippen molar-refractivity contribution in [3.8, 4) is 0 Å². The van der Waals surface area contributed by atoms with Gasteiger partial charge in [0.15, 0.2) is 0 Å². The number of nitrogens with two attached hydrogens (primary N) is 1. The summed E-state index contributed by atoms with van der Waals surface area (Å²) in [6, 6.07) is 20.4. The lowest BCUT2D eigenvalue weighted by Crippen LogP contribution is -2.27. The van der Waals surface area contributed by atoms with Gasteiger partial charge in [-0.1, -0.05) is 55.5 Å². The molecule has 0 aromatic heterocycles. The van der Waals surface area contributed by atoms with Crippen molar-refractivity contribution in [2.45, 2.75) is 24.7 Å². The van der Waals surface area contributed by atoms with Crippen molar-refractivity contribution in [2.75, 3.05) is 6.54 Å². The van der Waals surface area contributed by atoms with E-state index in [-0.39, 0.29) is 16.6 Å². The lowest BCUT2D eigenvalue weighted by molar-refractivity contribution is -0.122. The third kappa shape index (κ3) is 5.32. The van der Waals surface area contributed by atoms with Crippen LogP contribution in [0.1, 0.15) is 29.2 Å². The van der Waals surface area contributed by atoms with Crippen molar-refractivity contribution in [3.05, 3.63) is 113 Å². The Bertz CT molecular complexity index is 1360. The predicted octanol–water partition coefficient (Wildman–Crippen LogP) is 4.54. The Hall–Kier alpha value is -3.55. The number of benzene rings is 3. The van der Waals surface area contributed by atoms with E-state index in [2.05, 4.69) is 6.92 Å². The molecule has 34 heavy (non-hydrogen) atoms. The highest BCUT2D eigenvalue weighted by atomic mass is 32.2. The summed E-state index contributed by atoms with van der Waals surface area (Å²) in [5.74, 6) is -0.470. The number of halogens is 1. The maximum absolute atomic E-state index is 13.3. The van der Waals surface area contributed by atoms with Crippen LogP contribution in [0.15, 0.2) is 89.3 Å². The molecule has 1 aliphatic heterocycles. The molecular formula is C27H25FN2O3S. The topological polar surface area (TPSA) is 80.5 Å². The molecule has 2 N–H and O–H groups in total. The number of rotatable bonds is 7. The summed E-state index contributed by atoms with van der Waals surface area (Å²) in [4.78, 5) is 15.1. The third-order valence-electron chi connectivity index (χ3n) is 5.80. The molecule has 0 fully saturated rings. The molecular weight excluding hydrogens is 451 g/mol. The first-order chi connectivity index (χ1) is 16.2. The predicted molar refractivity (Wildman–Crippen MR) is 131 cm³/mol. The van der Waals surface area contributed by atoms with Gasteiger partial charge in [0.2, 0.25) is 10.0 Å². The van der Waals surface area contributed by atoms with Gasteiger partial charge >= 0.3 is 0 Å². The average Bonchev–Trinajstić information content (AvgIpc) is 3.14. The molecule has 0 unspecified atom stereocenters. The van der Waals surface area contributed by atoms with Crippen LogP contribution in [0.2, 0.25) is 0 Å². The molecule has 0 aliphatic carbocycles. The maximum atomic E-state index is 13.3. The molecule has 1 aliphatic rings. The largest absolute Gasteiger partial charge is 0.307 e. The molecule has 7 heteroatoms. The van der Waals surface area contributed by atoms with Crippen molar-refractivity contribution in [1.29, 1.82) is 0 Å². The SMILES string of the molecule is CCc1ccc(C2=C/C(=C/c3ccc(F)cc3)C(=O)N2CCc2ccc(S(N)(=O)=O)cc2)cc1. The van der Waals surface area contributed by atoms with E-state index in [1.807, 2.05) is 30.3 Å². The number of sulfonamides is 1. The Morgan fingerprint density at radius 1 is 0.912 bits per heavy atom. The second kappa shape index (κ2) is 9.75. The molecule has 3 aromatic rings. The fourth-order valence-electron chi connectivity index (χ4n) is 3.85. The lowest BCUT2D eigenvalue weighted by Gasteiger charge is -2.21. The highest BCUT2D eigenvalue weighted by molar-refractivity contribution is 7.89. The summed E-state index contributed by atoms with van der Waals surface area (Å²) >= 11 is 0. The van der Waals surface area contributed by atoms with Crippen LogP contribution in [0.3, 0.4) is 0 Å². The number of nitrogens with zero attached hydrogens (tertiary/aromatic N) is 1. The van der Waals surface area contributed by atoms with Crippen LogP contribution in [0.4, 0.5) is 4.39 Å². The van der Waals surface area contributed by atoms with Crippen molar-refractivity contribution < 1.29 is 17.6 Å². The van der Waals surface area contributed by atoms with Crippen molar-refractivity contribution in [2.24, 2.45) is 5.14 Å². The zero-order chi connectivity index (χ0) is 24.3. The molecule has 5 nitrogen and oxygen atoms in total. The zero-order valence-corrected chi connectivity index (χ0v) is 19.6. The fourth-order valence-corrected chi connectivity index (χ4v) is 4.37. The molecule has 1 amide bonds. The molecule has 1 heterocycles. The molecule has 0 bridgehead atoms. The average molecular weight is 477 g/mol. The summed E-state index contributed by atoms with van der Waals surface area (Å²) in [5, 5.41) is 5.17. The molecule has 174 valence electrons. The molecule has 0 radical (unpaired) electrons. The zero-order valence-electron chi connectivity index (χ0n) is 18.7. The standard InChI is InChI=1S/C27H25FN2O3S/c1-2-19-3-9-22(10-4-19)26-18-23(17-21-5-11-24(28)12-6-21)27(31)30(26)16-15-20-7-13-25(14-8-20)34(29,32)33/h3-14,17-18H,2,15-16H2,1H3,(H2,29,32,33)/b23-17-. The van der Waals surface area contributed by atoms with Crippen LogP contribution in [0, 0.1) is 5.82 Å². The molecule has 0 saturated heterocycles. The summed E-state index contributed by atoms with van der Waals surface area (Å²) in [7, 11) is -3.75. The molecule has 0 saturated carbocycles. The third-order valence-corrected chi connectivity index (χ3v) is 6.73. The van der Waals surface area contributed by atoms with Crippen LogP contribution in [0.5, 0.6) is 0 Å². The van der Waals surface area contributed by atoms with Crippen molar-refractivity contribution >= 4 is 27.7 Å². The van der Waals surface area contributed by atoms with E-state index < -0.39 is 10.0 Å². The van der Waals surface area contributed by atoms with Crippen LogP contribution in [-0.4, -0.2) is 25.8 Å². The Morgan fingerprint density at radius 3 is 2.12 bits per heavy atom. The van der Waals surface area contributed by atoms with Gasteiger partial charge in [-0.25, -0.2) is 17.9 Å². The number of carbonyl (C=O) groups is 1. The number of carbonyl (C=O) groups excluding carboxylic acids is 1. The number of primary sulfonamides is 1.